The molecule has 0 saturated carbocycles. The highest BCUT2D eigenvalue weighted by molar-refractivity contribution is 14.1. The molecule has 0 saturated heterocycles. The van der Waals surface area contributed by atoms with Crippen LogP contribution in [0.3, 0.4) is 0 Å². The first kappa shape index (κ1) is 15.1. The van der Waals surface area contributed by atoms with E-state index in [2.05, 4.69) is 59.1 Å². The predicted molar refractivity (Wildman–Crippen MR) is 91.1 cm³/mol. The van der Waals surface area contributed by atoms with Crippen LogP contribution in [-0.4, -0.2) is 6.54 Å². The lowest BCUT2D eigenvalue weighted by atomic mass is 9.99. The van der Waals surface area contributed by atoms with E-state index >= 15 is 0 Å². The van der Waals surface area contributed by atoms with Crippen molar-refractivity contribution in [1.29, 1.82) is 0 Å². The van der Waals surface area contributed by atoms with Crippen molar-refractivity contribution in [3.63, 3.8) is 0 Å². The summed E-state index contributed by atoms with van der Waals surface area (Å²) in [7, 11) is 0. The van der Waals surface area contributed by atoms with Crippen molar-refractivity contribution in [2.75, 3.05) is 6.54 Å². The molecular weight excluding hydrogens is 392 g/mol. The standard InChI is InChI=1S/C15H14Cl2IN/c1-2-19-15(10-3-6-12(18)7-4-10)11-5-8-13(16)14(17)9-11/h3-9,15,19H,2H2,1H3. The second kappa shape index (κ2) is 6.93. The first-order valence-electron chi connectivity index (χ1n) is 6.05. The second-order valence-corrected chi connectivity index (χ2v) is 6.28. The molecule has 2 aromatic carbocycles. The van der Waals surface area contributed by atoms with Gasteiger partial charge in [-0.2, -0.15) is 0 Å². The van der Waals surface area contributed by atoms with Crippen LogP contribution in [-0.2, 0) is 0 Å². The number of hydrogen-bond donors (Lipinski definition) is 1. The van der Waals surface area contributed by atoms with Gasteiger partial charge in [-0.1, -0.05) is 48.3 Å². The number of rotatable bonds is 4. The summed E-state index contributed by atoms with van der Waals surface area (Å²) in [5.41, 5.74) is 2.35. The van der Waals surface area contributed by atoms with E-state index in [1.165, 1.54) is 9.13 Å². The Morgan fingerprint density at radius 2 is 1.63 bits per heavy atom. The minimum Gasteiger partial charge on any atom is -0.307 e. The third kappa shape index (κ3) is 3.85. The Morgan fingerprint density at radius 3 is 2.21 bits per heavy atom. The number of hydrogen-bond acceptors (Lipinski definition) is 1. The predicted octanol–water partition coefficient (Wildman–Crippen LogP) is 5.30. The van der Waals surface area contributed by atoms with Crippen LogP contribution in [0.4, 0.5) is 0 Å². The number of halogens is 3. The summed E-state index contributed by atoms with van der Waals surface area (Å²) in [5, 5.41) is 4.65. The van der Waals surface area contributed by atoms with Gasteiger partial charge in [0.1, 0.15) is 0 Å². The van der Waals surface area contributed by atoms with E-state index in [4.69, 9.17) is 23.2 Å². The van der Waals surface area contributed by atoms with Crippen LogP contribution < -0.4 is 5.32 Å². The quantitative estimate of drug-likeness (QED) is 0.680. The van der Waals surface area contributed by atoms with Gasteiger partial charge in [0, 0.05) is 3.57 Å². The largest absolute Gasteiger partial charge is 0.307 e. The Bertz CT molecular complexity index is 555. The lowest BCUT2D eigenvalue weighted by Crippen LogP contribution is -2.21. The van der Waals surface area contributed by atoms with Gasteiger partial charge in [0.15, 0.2) is 0 Å². The van der Waals surface area contributed by atoms with Gasteiger partial charge in [-0.05, 0) is 64.5 Å². The van der Waals surface area contributed by atoms with Crippen molar-refractivity contribution in [3.8, 4) is 0 Å². The van der Waals surface area contributed by atoms with Gasteiger partial charge in [-0.3, -0.25) is 0 Å². The van der Waals surface area contributed by atoms with Gasteiger partial charge in [0.25, 0.3) is 0 Å². The molecule has 1 N–H and O–H groups in total. The monoisotopic (exact) mass is 405 g/mol. The van der Waals surface area contributed by atoms with Gasteiger partial charge in [0.2, 0.25) is 0 Å². The molecule has 1 atom stereocenters. The second-order valence-electron chi connectivity index (χ2n) is 4.22. The molecular formula is C15H14Cl2IN. The van der Waals surface area contributed by atoms with Crippen molar-refractivity contribution in [3.05, 3.63) is 67.2 Å². The average molecular weight is 406 g/mol. The summed E-state index contributed by atoms with van der Waals surface area (Å²) >= 11 is 14.4. The topological polar surface area (TPSA) is 12.0 Å². The molecule has 1 unspecified atom stereocenters. The number of nitrogens with one attached hydrogen (secondary N) is 1. The minimum atomic E-state index is 0.136. The molecule has 0 aliphatic rings. The molecule has 0 fully saturated rings. The molecule has 2 rings (SSSR count). The molecule has 100 valence electrons. The molecule has 0 spiro atoms. The van der Waals surface area contributed by atoms with Crippen LogP contribution in [0.25, 0.3) is 0 Å². The molecule has 0 aliphatic heterocycles. The first-order valence-corrected chi connectivity index (χ1v) is 7.89. The maximum absolute atomic E-state index is 6.11. The molecule has 0 bridgehead atoms. The maximum Gasteiger partial charge on any atom is 0.0595 e. The highest BCUT2D eigenvalue weighted by Crippen LogP contribution is 2.29. The van der Waals surface area contributed by atoms with Crippen LogP contribution in [0.5, 0.6) is 0 Å². The molecule has 1 nitrogen and oxygen atoms in total. The lowest BCUT2D eigenvalue weighted by Gasteiger charge is -2.19. The highest BCUT2D eigenvalue weighted by Gasteiger charge is 2.14. The Labute approximate surface area is 137 Å². The van der Waals surface area contributed by atoms with Crippen LogP contribution in [0.15, 0.2) is 42.5 Å². The number of benzene rings is 2. The fourth-order valence-electron chi connectivity index (χ4n) is 1.98. The van der Waals surface area contributed by atoms with E-state index < -0.39 is 0 Å². The van der Waals surface area contributed by atoms with Gasteiger partial charge in [0.05, 0.1) is 16.1 Å². The van der Waals surface area contributed by atoms with Crippen LogP contribution in [0, 0.1) is 3.57 Å². The van der Waals surface area contributed by atoms with Crippen LogP contribution in [0.1, 0.15) is 24.1 Å². The first-order chi connectivity index (χ1) is 9.11. The molecule has 0 aliphatic carbocycles. The van der Waals surface area contributed by atoms with Gasteiger partial charge in [-0.25, -0.2) is 0 Å². The molecule has 0 amide bonds. The molecule has 2 aromatic rings. The minimum absolute atomic E-state index is 0.136. The molecule has 4 heteroatoms. The third-order valence-electron chi connectivity index (χ3n) is 2.89. The third-order valence-corrected chi connectivity index (χ3v) is 4.35. The van der Waals surface area contributed by atoms with Crippen molar-refractivity contribution < 1.29 is 0 Å². The van der Waals surface area contributed by atoms with E-state index in [0.29, 0.717) is 10.0 Å². The van der Waals surface area contributed by atoms with Crippen molar-refractivity contribution in [1.82, 2.24) is 5.32 Å². The SMILES string of the molecule is CCNC(c1ccc(I)cc1)c1ccc(Cl)c(Cl)c1. The summed E-state index contributed by atoms with van der Waals surface area (Å²) < 4.78 is 1.23. The zero-order valence-electron chi connectivity index (χ0n) is 10.5. The van der Waals surface area contributed by atoms with E-state index in [0.717, 1.165) is 12.1 Å². The van der Waals surface area contributed by atoms with Gasteiger partial charge >= 0.3 is 0 Å². The van der Waals surface area contributed by atoms with E-state index in [1.807, 2.05) is 18.2 Å². The van der Waals surface area contributed by atoms with Gasteiger partial charge < -0.3 is 5.32 Å². The van der Waals surface area contributed by atoms with Crippen molar-refractivity contribution in [2.24, 2.45) is 0 Å². The van der Waals surface area contributed by atoms with E-state index in [-0.39, 0.29) is 6.04 Å². The fourth-order valence-corrected chi connectivity index (χ4v) is 2.65. The summed E-state index contributed by atoms with van der Waals surface area (Å²) in [5.74, 6) is 0. The summed E-state index contributed by atoms with van der Waals surface area (Å²) in [4.78, 5) is 0. The van der Waals surface area contributed by atoms with Gasteiger partial charge in [-0.15, -0.1) is 0 Å². The van der Waals surface area contributed by atoms with Crippen LogP contribution >= 0.6 is 45.8 Å². The molecule has 0 radical (unpaired) electrons. The Balaban J connectivity index is 2.38. The van der Waals surface area contributed by atoms with Crippen molar-refractivity contribution >= 4 is 45.8 Å². The Morgan fingerprint density at radius 1 is 1.00 bits per heavy atom. The summed E-state index contributed by atoms with van der Waals surface area (Å²) in [6.45, 7) is 2.98. The molecule has 19 heavy (non-hydrogen) atoms. The molecule has 0 aromatic heterocycles. The zero-order chi connectivity index (χ0) is 13.8. The summed E-state index contributed by atoms with van der Waals surface area (Å²) in [6, 6.07) is 14.4. The van der Waals surface area contributed by atoms with Crippen LogP contribution in [0.2, 0.25) is 10.0 Å². The van der Waals surface area contributed by atoms with E-state index in [1.54, 1.807) is 0 Å². The zero-order valence-corrected chi connectivity index (χ0v) is 14.1. The lowest BCUT2D eigenvalue weighted by molar-refractivity contribution is 0.630. The maximum atomic E-state index is 6.11. The van der Waals surface area contributed by atoms with Crippen molar-refractivity contribution in [2.45, 2.75) is 13.0 Å². The average Bonchev–Trinajstić information content (AvgIpc) is 2.41. The Kier molecular flexibility index (Phi) is 5.51. The summed E-state index contributed by atoms with van der Waals surface area (Å²) in [6.07, 6.45) is 0. The smallest absolute Gasteiger partial charge is 0.0595 e. The molecule has 0 heterocycles. The Hall–Kier alpha value is -0.290. The highest BCUT2D eigenvalue weighted by atomic mass is 127. The normalized spacial score (nSPS) is 12.4. The van der Waals surface area contributed by atoms with E-state index in [9.17, 15) is 0 Å². The fraction of sp³-hybridized carbons (Fsp3) is 0.200.